The van der Waals surface area contributed by atoms with Crippen molar-refractivity contribution < 1.29 is 0 Å². The number of pyridine rings is 1. The molecule has 2 aromatic rings. The van der Waals surface area contributed by atoms with Crippen LogP contribution in [0.2, 0.25) is 0 Å². The number of hydrogen-bond acceptors (Lipinski definition) is 2. The van der Waals surface area contributed by atoms with Crippen LogP contribution in [0.25, 0.3) is 5.82 Å². The molecule has 0 saturated carbocycles. The van der Waals surface area contributed by atoms with Crippen molar-refractivity contribution in [1.29, 1.82) is 0 Å². The van der Waals surface area contributed by atoms with Crippen LogP contribution < -0.4 is 5.73 Å². The molecule has 3 heteroatoms. The zero-order chi connectivity index (χ0) is 13.6. The second-order valence-electron chi connectivity index (χ2n) is 5.67. The van der Waals surface area contributed by atoms with E-state index < -0.39 is 0 Å². The van der Waals surface area contributed by atoms with Crippen molar-refractivity contribution in [3.8, 4) is 5.82 Å². The predicted molar refractivity (Wildman–Crippen MR) is 77.6 cm³/mol. The van der Waals surface area contributed by atoms with Gasteiger partial charge in [0.1, 0.15) is 5.82 Å². The van der Waals surface area contributed by atoms with Crippen molar-refractivity contribution in [3.05, 3.63) is 46.4 Å². The second-order valence-corrected chi connectivity index (χ2v) is 5.67. The summed E-state index contributed by atoms with van der Waals surface area (Å²) in [6.07, 6.45) is 3.37. The highest BCUT2D eigenvalue weighted by Crippen LogP contribution is 2.32. The first kappa shape index (κ1) is 12.4. The number of nitrogens with zero attached hydrogens (tertiary/aromatic N) is 2. The van der Waals surface area contributed by atoms with Crippen molar-refractivity contribution in [2.45, 2.75) is 46.1 Å². The molecule has 0 aromatic carbocycles. The maximum atomic E-state index is 6.23. The summed E-state index contributed by atoms with van der Waals surface area (Å²) >= 11 is 0. The number of aromatic nitrogens is 2. The number of fused-ring (bicyclic) bond motifs is 1. The highest BCUT2D eigenvalue weighted by atomic mass is 15.1. The summed E-state index contributed by atoms with van der Waals surface area (Å²) < 4.78 is 2.29. The van der Waals surface area contributed by atoms with Crippen molar-refractivity contribution in [2.24, 2.45) is 5.73 Å². The molecule has 0 spiro atoms. The van der Waals surface area contributed by atoms with Gasteiger partial charge in [-0.1, -0.05) is 0 Å². The zero-order valence-corrected chi connectivity index (χ0v) is 11.9. The van der Waals surface area contributed by atoms with E-state index >= 15 is 0 Å². The van der Waals surface area contributed by atoms with Gasteiger partial charge in [-0.25, -0.2) is 4.98 Å². The van der Waals surface area contributed by atoms with E-state index in [2.05, 4.69) is 36.6 Å². The van der Waals surface area contributed by atoms with Crippen LogP contribution >= 0.6 is 0 Å². The third-order valence-electron chi connectivity index (χ3n) is 3.96. The van der Waals surface area contributed by atoms with Crippen molar-refractivity contribution in [3.63, 3.8) is 0 Å². The Morgan fingerprint density at radius 2 is 2.00 bits per heavy atom. The number of nitrogens with two attached hydrogens (primary N) is 1. The first-order valence-electron chi connectivity index (χ1n) is 6.98. The molecule has 1 aliphatic rings. The molecule has 1 atom stereocenters. The lowest BCUT2D eigenvalue weighted by atomic mass is 9.93. The molecule has 0 amide bonds. The molecule has 19 heavy (non-hydrogen) atoms. The Kier molecular flexibility index (Phi) is 2.94. The van der Waals surface area contributed by atoms with Crippen molar-refractivity contribution in [1.82, 2.24) is 9.55 Å². The fourth-order valence-electron chi connectivity index (χ4n) is 3.19. The molecule has 2 heterocycles. The Hall–Kier alpha value is -1.61. The van der Waals surface area contributed by atoms with E-state index in [4.69, 9.17) is 10.7 Å². The van der Waals surface area contributed by atoms with Crippen LogP contribution in [-0.2, 0) is 6.42 Å². The van der Waals surface area contributed by atoms with E-state index in [1.807, 2.05) is 6.92 Å². The van der Waals surface area contributed by atoms with Gasteiger partial charge in [-0.05, 0) is 69.4 Å². The number of hydrogen-bond donors (Lipinski definition) is 1. The van der Waals surface area contributed by atoms with Crippen LogP contribution in [0.1, 0.15) is 47.1 Å². The van der Waals surface area contributed by atoms with Crippen LogP contribution in [-0.4, -0.2) is 9.55 Å². The third kappa shape index (κ3) is 2.08. The van der Waals surface area contributed by atoms with Gasteiger partial charge in [0.05, 0.1) is 0 Å². The van der Waals surface area contributed by atoms with Gasteiger partial charge >= 0.3 is 0 Å². The smallest absolute Gasteiger partial charge is 0.137 e. The van der Waals surface area contributed by atoms with E-state index in [1.54, 1.807) is 0 Å². The molecule has 0 radical (unpaired) electrons. The maximum Gasteiger partial charge on any atom is 0.137 e. The van der Waals surface area contributed by atoms with Crippen LogP contribution in [0, 0.1) is 20.8 Å². The normalized spacial score (nSPS) is 18.4. The molecule has 0 fully saturated rings. The Balaban J connectivity index is 2.20. The Bertz CT molecular complexity index is 605. The SMILES string of the molecule is Cc1cc(C)nc(-n2c(C)cc3c2CCCC3N)c1. The van der Waals surface area contributed by atoms with Gasteiger partial charge in [0.15, 0.2) is 0 Å². The summed E-state index contributed by atoms with van der Waals surface area (Å²) in [6, 6.07) is 6.69. The van der Waals surface area contributed by atoms with Gasteiger partial charge in [-0.15, -0.1) is 0 Å². The quantitative estimate of drug-likeness (QED) is 0.850. The highest BCUT2D eigenvalue weighted by molar-refractivity contribution is 5.41. The maximum absolute atomic E-state index is 6.23. The molecule has 3 rings (SSSR count). The summed E-state index contributed by atoms with van der Waals surface area (Å²) in [5.41, 5.74) is 12.5. The van der Waals surface area contributed by atoms with Crippen LogP contribution in [0.5, 0.6) is 0 Å². The van der Waals surface area contributed by atoms with E-state index in [9.17, 15) is 0 Å². The van der Waals surface area contributed by atoms with E-state index in [0.717, 1.165) is 24.4 Å². The lowest BCUT2D eigenvalue weighted by Gasteiger charge is -2.21. The molecule has 0 saturated heterocycles. The minimum atomic E-state index is 0.189. The second kappa shape index (κ2) is 4.49. The molecular formula is C16H21N3. The monoisotopic (exact) mass is 255 g/mol. The first-order chi connectivity index (χ1) is 9.06. The van der Waals surface area contributed by atoms with Gasteiger partial charge in [0.25, 0.3) is 0 Å². The lowest BCUT2D eigenvalue weighted by Crippen LogP contribution is -2.18. The zero-order valence-electron chi connectivity index (χ0n) is 11.9. The van der Waals surface area contributed by atoms with Gasteiger partial charge in [0.2, 0.25) is 0 Å². The van der Waals surface area contributed by atoms with Gasteiger partial charge in [0, 0.05) is 23.1 Å². The predicted octanol–water partition coefficient (Wildman–Crippen LogP) is 3.13. The highest BCUT2D eigenvalue weighted by Gasteiger charge is 2.23. The van der Waals surface area contributed by atoms with Crippen LogP contribution in [0.3, 0.4) is 0 Å². The van der Waals surface area contributed by atoms with Crippen LogP contribution in [0.15, 0.2) is 18.2 Å². The van der Waals surface area contributed by atoms with E-state index in [1.165, 1.54) is 28.9 Å². The van der Waals surface area contributed by atoms with Gasteiger partial charge in [-0.2, -0.15) is 0 Å². The number of rotatable bonds is 1. The molecule has 3 nitrogen and oxygen atoms in total. The summed E-state index contributed by atoms with van der Waals surface area (Å²) in [5.74, 6) is 1.03. The van der Waals surface area contributed by atoms with E-state index in [-0.39, 0.29) is 6.04 Å². The molecule has 2 N–H and O–H groups in total. The van der Waals surface area contributed by atoms with E-state index in [0.29, 0.717) is 0 Å². The molecule has 0 bridgehead atoms. The third-order valence-corrected chi connectivity index (χ3v) is 3.96. The molecule has 100 valence electrons. The molecule has 0 aliphatic heterocycles. The molecule has 1 aliphatic carbocycles. The Morgan fingerprint density at radius 1 is 1.21 bits per heavy atom. The number of aryl methyl sites for hydroxylation is 3. The lowest BCUT2D eigenvalue weighted by molar-refractivity contribution is 0.559. The van der Waals surface area contributed by atoms with Gasteiger partial charge < -0.3 is 10.3 Å². The van der Waals surface area contributed by atoms with Crippen molar-refractivity contribution in [2.75, 3.05) is 0 Å². The summed E-state index contributed by atoms with van der Waals surface area (Å²) in [4.78, 5) is 4.69. The molecular weight excluding hydrogens is 234 g/mol. The summed E-state index contributed by atoms with van der Waals surface area (Å²) in [6.45, 7) is 6.31. The Morgan fingerprint density at radius 3 is 2.74 bits per heavy atom. The summed E-state index contributed by atoms with van der Waals surface area (Å²) in [7, 11) is 0. The molecule has 1 unspecified atom stereocenters. The minimum absolute atomic E-state index is 0.189. The average Bonchev–Trinajstić information content (AvgIpc) is 2.65. The standard InChI is InChI=1S/C16H21N3/c1-10-7-11(2)18-16(8-10)19-12(3)9-13-14(17)5-4-6-15(13)19/h7-9,14H,4-6,17H2,1-3H3. The Labute approximate surface area is 114 Å². The topological polar surface area (TPSA) is 43.8 Å². The fraction of sp³-hybridized carbons (Fsp3) is 0.438. The van der Waals surface area contributed by atoms with Crippen molar-refractivity contribution >= 4 is 0 Å². The molecule has 2 aromatic heterocycles. The first-order valence-corrected chi connectivity index (χ1v) is 6.98. The summed E-state index contributed by atoms with van der Waals surface area (Å²) in [5, 5.41) is 0. The average molecular weight is 255 g/mol. The largest absolute Gasteiger partial charge is 0.324 e. The fourth-order valence-corrected chi connectivity index (χ4v) is 3.19. The van der Waals surface area contributed by atoms with Crippen LogP contribution in [0.4, 0.5) is 0 Å². The minimum Gasteiger partial charge on any atom is -0.324 e. The van der Waals surface area contributed by atoms with Gasteiger partial charge in [-0.3, -0.25) is 0 Å².